The molecule has 1 rings (SSSR count). The minimum absolute atomic E-state index is 0.216. The molecule has 1 radical (unpaired) electrons. The fourth-order valence-corrected chi connectivity index (χ4v) is 1.11. The third kappa shape index (κ3) is 9.00. The van der Waals surface area contributed by atoms with Crippen LogP contribution in [0.1, 0.15) is 38.2 Å². The van der Waals surface area contributed by atoms with E-state index in [0.717, 1.165) is 19.3 Å². The Bertz CT molecular complexity index is 291. The summed E-state index contributed by atoms with van der Waals surface area (Å²) in [6.45, 7) is 5.67. The topological polar surface area (TPSA) is 37.0 Å². The molecule has 0 aromatic heterocycles. The van der Waals surface area contributed by atoms with Crippen LogP contribution >= 0.6 is 0 Å². The van der Waals surface area contributed by atoms with Crippen LogP contribution in [0.5, 0.6) is 0 Å². The van der Waals surface area contributed by atoms with Crippen molar-refractivity contribution < 1.29 is 9.90 Å². The summed E-state index contributed by atoms with van der Waals surface area (Å²) >= 11 is 0. The molecule has 0 amide bonds. The maximum absolute atomic E-state index is 9.76. The molecule has 1 aromatic carbocycles. The lowest BCUT2D eigenvalue weighted by molar-refractivity contribution is -0.143. The Morgan fingerprint density at radius 2 is 1.88 bits per heavy atom. The van der Waals surface area contributed by atoms with E-state index in [4.69, 9.17) is 0 Å². The number of benzene rings is 1. The summed E-state index contributed by atoms with van der Waals surface area (Å²) in [6, 6.07) is 10.0. The first-order valence-electron chi connectivity index (χ1n) is 5.58. The van der Waals surface area contributed by atoms with Crippen molar-refractivity contribution in [1.29, 1.82) is 0 Å². The highest BCUT2D eigenvalue weighted by Gasteiger charge is 1.95. The van der Waals surface area contributed by atoms with Crippen LogP contribution in [-0.2, 0) is 9.90 Å². The van der Waals surface area contributed by atoms with E-state index in [1.54, 1.807) is 0 Å². The second-order valence-corrected chi connectivity index (χ2v) is 3.44. The summed E-state index contributed by atoms with van der Waals surface area (Å²) in [5.41, 5.74) is 1.17. The van der Waals surface area contributed by atoms with Crippen molar-refractivity contribution in [2.24, 2.45) is 0 Å². The van der Waals surface area contributed by atoms with Crippen molar-refractivity contribution in [2.75, 3.05) is 0 Å². The number of rotatable bonds is 5. The van der Waals surface area contributed by atoms with E-state index < -0.39 is 5.97 Å². The van der Waals surface area contributed by atoms with Crippen LogP contribution in [0.3, 0.4) is 0 Å². The quantitative estimate of drug-likeness (QED) is 0.693. The SMILES string of the molecule is C=Cc1ccccc1.CCCCCC([O])=O. The maximum Gasteiger partial charge on any atom is 0.355 e. The van der Waals surface area contributed by atoms with Gasteiger partial charge in [0.1, 0.15) is 0 Å². The van der Waals surface area contributed by atoms with Gasteiger partial charge in [0.05, 0.1) is 6.42 Å². The molecule has 0 N–H and O–H groups in total. The molecular formula is C14H19O2. The molecule has 0 aliphatic heterocycles. The van der Waals surface area contributed by atoms with Crippen LogP contribution in [0.4, 0.5) is 0 Å². The molecule has 0 atom stereocenters. The molecule has 0 heterocycles. The lowest BCUT2D eigenvalue weighted by atomic mass is 10.2. The molecule has 0 aliphatic carbocycles. The zero-order valence-corrected chi connectivity index (χ0v) is 9.82. The van der Waals surface area contributed by atoms with E-state index in [0.29, 0.717) is 0 Å². The molecule has 0 saturated carbocycles. The van der Waals surface area contributed by atoms with Crippen molar-refractivity contribution in [3.05, 3.63) is 42.5 Å². The summed E-state index contributed by atoms with van der Waals surface area (Å²) in [5.74, 6) is -0.932. The molecule has 0 aliphatic rings. The molecule has 16 heavy (non-hydrogen) atoms. The van der Waals surface area contributed by atoms with Crippen molar-refractivity contribution in [3.63, 3.8) is 0 Å². The zero-order chi connectivity index (χ0) is 12.2. The van der Waals surface area contributed by atoms with Gasteiger partial charge >= 0.3 is 5.97 Å². The van der Waals surface area contributed by atoms with E-state index in [9.17, 15) is 9.90 Å². The highest BCUT2D eigenvalue weighted by molar-refractivity contribution is 5.66. The van der Waals surface area contributed by atoms with Crippen molar-refractivity contribution in [1.82, 2.24) is 0 Å². The Morgan fingerprint density at radius 3 is 2.25 bits per heavy atom. The molecule has 0 fully saturated rings. The number of unbranched alkanes of at least 4 members (excludes halogenated alkanes) is 2. The average molecular weight is 219 g/mol. The normalized spacial score (nSPS) is 8.81. The molecule has 0 bridgehead atoms. The van der Waals surface area contributed by atoms with Crippen LogP contribution < -0.4 is 0 Å². The van der Waals surface area contributed by atoms with Gasteiger partial charge in [-0.1, -0.05) is 62.8 Å². The fraction of sp³-hybridized carbons (Fsp3) is 0.357. The average Bonchev–Trinajstić information content (AvgIpc) is 2.31. The summed E-state index contributed by atoms with van der Waals surface area (Å²) in [5, 5.41) is 9.76. The van der Waals surface area contributed by atoms with Crippen molar-refractivity contribution >= 4 is 12.0 Å². The van der Waals surface area contributed by atoms with Gasteiger partial charge in [-0.2, -0.15) is 0 Å². The minimum Gasteiger partial charge on any atom is -0.247 e. The highest BCUT2D eigenvalue weighted by atomic mass is 16.4. The van der Waals surface area contributed by atoms with E-state index in [1.807, 2.05) is 43.3 Å². The van der Waals surface area contributed by atoms with Gasteiger partial charge in [0, 0.05) is 0 Å². The Hall–Kier alpha value is -1.57. The largest absolute Gasteiger partial charge is 0.355 e. The van der Waals surface area contributed by atoms with E-state index in [1.165, 1.54) is 5.56 Å². The molecule has 2 nitrogen and oxygen atoms in total. The van der Waals surface area contributed by atoms with Crippen LogP contribution in [0.25, 0.3) is 6.08 Å². The second kappa shape index (κ2) is 9.97. The molecule has 0 spiro atoms. The van der Waals surface area contributed by atoms with Gasteiger partial charge in [-0.3, -0.25) is 0 Å². The van der Waals surface area contributed by atoms with Gasteiger partial charge in [0.25, 0.3) is 0 Å². The maximum atomic E-state index is 9.76. The first-order chi connectivity index (χ1) is 7.70. The lowest BCUT2D eigenvalue weighted by Gasteiger charge is -1.87. The van der Waals surface area contributed by atoms with Gasteiger partial charge in [0.2, 0.25) is 0 Å². The fourth-order valence-electron chi connectivity index (χ4n) is 1.11. The molecule has 87 valence electrons. The van der Waals surface area contributed by atoms with E-state index >= 15 is 0 Å². The Kier molecular flexibility index (Phi) is 8.99. The van der Waals surface area contributed by atoms with Crippen molar-refractivity contribution in [3.8, 4) is 0 Å². The third-order valence-corrected chi connectivity index (χ3v) is 2.02. The smallest absolute Gasteiger partial charge is 0.247 e. The van der Waals surface area contributed by atoms with Crippen LogP contribution in [-0.4, -0.2) is 5.97 Å². The first kappa shape index (κ1) is 14.4. The standard InChI is InChI=1S/C8H8.C6H11O2/c1-2-8-6-4-3-5-7-8;1-2-3-4-5-6(7)8/h2-7H,1H2;2-5H2,1H3. The number of hydrogen-bond donors (Lipinski definition) is 0. The Morgan fingerprint density at radius 1 is 1.25 bits per heavy atom. The number of carbonyl (C=O) groups is 1. The highest BCUT2D eigenvalue weighted by Crippen LogP contribution is 1.98. The molecule has 1 aromatic rings. The molecule has 0 unspecified atom stereocenters. The summed E-state index contributed by atoms with van der Waals surface area (Å²) < 4.78 is 0. The monoisotopic (exact) mass is 219 g/mol. The minimum atomic E-state index is -0.932. The lowest BCUT2D eigenvalue weighted by Crippen LogP contribution is -1.90. The predicted molar refractivity (Wildman–Crippen MR) is 66.4 cm³/mol. The van der Waals surface area contributed by atoms with Gasteiger partial charge < -0.3 is 0 Å². The van der Waals surface area contributed by atoms with Crippen molar-refractivity contribution in [2.45, 2.75) is 32.6 Å². The predicted octanol–water partition coefficient (Wildman–Crippen LogP) is 3.85. The molecule has 2 heteroatoms. The second-order valence-electron chi connectivity index (χ2n) is 3.44. The van der Waals surface area contributed by atoms with Crippen LogP contribution in [0.2, 0.25) is 0 Å². The number of hydrogen-bond acceptors (Lipinski definition) is 1. The Balaban J connectivity index is 0.000000281. The van der Waals surface area contributed by atoms with E-state index in [2.05, 4.69) is 6.58 Å². The molecule has 0 saturated heterocycles. The van der Waals surface area contributed by atoms with Gasteiger partial charge in [-0.25, -0.2) is 9.90 Å². The van der Waals surface area contributed by atoms with Gasteiger partial charge in [0.15, 0.2) is 0 Å². The zero-order valence-electron chi connectivity index (χ0n) is 9.82. The summed E-state index contributed by atoms with van der Waals surface area (Å²) in [7, 11) is 0. The van der Waals surface area contributed by atoms with Crippen LogP contribution in [0, 0.1) is 0 Å². The van der Waals surface area contributed by atoms with Gasteiger partial charge in [-0.15, -0.1) is 0 Å². The first-order valence-corrected chi connectivity index (χ1v) is 5.58. The third-order valence-electron chi connectivity index (χ3n) is 2.02. The van der Waals surface area contributed by atoms with Gasteiger partial charge in [-0.05, 0) is 12.0 Å². The number of carbonyl (C=O) groups excluding carboxylic acids is 1. The summed E-state index contributed by atoms with van der Waals surface area (Å²) in [6.07, 6.45) is 4.87. The molecular weight excluding hydrogens is 200 g/mol. The summed E-state index contributed by atoms with van der Waals surface area (Å²) in [4.78, 5) is 9.76. The van der Waals surface area contributed by atoms with E-state index in [-0.39, 0.29) is 6.42 Å². The Labute approximate surface area is 97.6 Å². The van der Waals surface area contributed by atoms with Crippen LogP contribution in [0.15, 0.2) is 36.9 Å².